The first-order valence-electron chi connectivity index (χ1n) is 3.14. The monoisotopic (exact) mass is 112 g/mol. The lowest BCUT2D eigenvalue weighted by Crippen LogP contribution is -2.11. The first-order chi connectivity index (χ1) is 3.79. The molecule has 0 amide bonds. The minimum absolute atomic E-state index is 0.168. The van der Waals surface area contributed by atoms with Crippen molar-refractivity contribution in [2.45, 2.75) is 25.9 Å². The molecule has 1 heteroatoms. The molecule has 0 heterocycles. The van der Waals surface area contributed by atoms with Crippen LogP contribution in [0.3, 0.4) is 0 Å². The molecular formula is C7H12O. The summed E-state index contributed by atoms with van der Waals surface area (Å²) in [6, 6.07) is 0. The van der Waals surface area contributed by atoms with Gasteiger partial charge in [-0.2, -0.15) is 0 Å². The van der Waals surface area contributed by atoms with Gasteiger partial charge in [0.15, 0.2) is 0 Å². The van der Waals surface area contributed by atoms with Gasteiger partial charge in [0.1, 0.15) is 0 Å². The van der Waals surface area contributed by atoms with Crippen LogP contribution < -0.4 is 0 Å². The zero-order chi connectivity index (χ0) is 5.98. The molecule has 0 aromatic carbocycles. The second-order valence-corrected chi connectivity index (χ2v) is 2.57. The lowest BCUT2D eigenvalue weighted by atomic mass is 9.95. The molecule has 0 saturated heterocycles. The molecule has 0 aliphatic heterocycles. The van der Waals surface area contributed by atoms with Crippen molar-refractivity contribution in [2.24, 2.45) is 5.92 Å². The number of aliphatic hydroxyl groups excluding tert-OH is 1. The minimum atomic E-state index is -0.168. The number of hydrogen-bond donors (Lipinski definition) is 1. The highest BCUT2D eigenvalue weighted by molar-refractivity contribution is 4.95. The Hall–Kier alpha value is -0.300. The van der Waals surface area contributed by atoms with Gasteiger partial charge in [0.25, 0.3) is 0 Å². The topological polar surface area (TPSA) is 20.2 Å². The minimum Gasteiger partial charge on any atom is -0.389 e. The summed E-state index contributed by atoms with van der Waals surface area (Å²) in [6.07, 6.45) is 5.84. The molecule has 1 N–H and O–H groups in total. The van der Waals surface area contributed by atoms with Crippen LogP contribution in [0.5, 0.6) is 0 Å². The fourth-order valence-corrected chi connectivity index (χ4v) is 1.06. The molecule has 0 aromatic heterocycles. The first-order valence-corrected chi connectivity index (χ1v) is 3.14. The Bertz CT molecular complexity index is 96.6. The van der Waals surface area contributed by atoms with Gasteiger partial charge >= 0.3 is 0 Å². The molecule has 1 nitrogen and oxygen atoms in total. The van der Waals surface area contributed by atoms with Crippen LogP contribution in [0, 0.1) is 5.92 Å². The predicted octanol–water partition coefficient (Wildman–Crippen LogP) is 1.33. The maximum absolute atomic E-state index is 8.99. The molecule has 8 heavy (non-hydrogen) atoms. The van der Waals surface area contributed by atoms with Crippen LogP contribution in [0.15, 0.2) is 12.2 Å². The standard InChI is InChI=1S/C7H12O/c1-6-3-2-4-7(8)5-6/h2,4,6-8H,3,5H2,1H3/t6-,7-/m1/s1. The molecule has 0 bridgehead atoms. The summed E-state index contributed by atoms with van der Waals surface area (Å²) in [5.41, 5.74) is 0. The first kappa shape index (κ1) is 5.83. The maximum Gasteiger partial charge on any atom is 0.0723 e. The van der Waals surface area contributed by atoms with E-state index in [4.69, 9.17) is 5.11 Å². The number of allylic oxidation sites excluding steroid dienone is 1. The molecule has 2 atom stereocenters. The van der Waals surface area contributed by atoms with E-state index in [1.807, 2.05) is 6.08 Å². The Kier molecular flexibility index (Phi) is 1.69. The third-order valence-electron chi connectivity index (χ3n) is 1.54. The zero-order valence-electron chi connectivity index (χ0n) is 5.17. The van der Waals surface area contributed by atoms with Crippen molar-refractivity contribution in [2.75, 3.05) is 0 Å². The van der Waals surface area contributed by atoms with Crippen molar-refractivity contribution < 1.29 is 5.11 Å². The predicted molar refractivity (Wildman–Crippen MR) is 33.5 cm³/mol. The van der Waals surface area contributed by atoms with E-state index in [1.165, 1.54) is 0 Å². The average Bonchev–Trinajstić information content (AvgIpc) is 1.64. The van der Waals surface area contributed by atoms with Crippen LogP contribution in [0.2, 0.25) is 0 Å². The largest absolute Gasteiger partial charge is 0.389 e. The van der Waals surface area contributed by atoms with Crippen molar-refractivity contribution in [1.82, 2.24) is 0 Å². The van der Waals surface area contributed by atoms with Crippen LogP contribution in [-0.2, 0) is 0 Å². The zero-order valence-corrected chi connectivity index (χ0v) is 5.17. The highest BCUT2D eigenvalue weighted by Gasteiger charge is 2.09. The summed E-state index contributed by atoms with van der Waals surface area (Å²) in [5, 5.41) is 8.99. The van der Waals surface area contributed by atoms with Gasteiger partial charge in [0, 0.05) is 0 Å². The van der Waals surface area contributed by atoms with Crippen molar-refractivity contribution in [3.05, 3.63) is 12.2 Å². The van der Waals surface area contributed by atoms with E-state index in [2.05, 4.69) is 13.0 Å². The van der Waals surface area contributed by atoms with Crippen molar-refractivity contribution >= 4 is 0 Å². The smallest absolute Gasteiger partial charge is 0.0723 e. The quantitative estimate of drug-likeness (QED) is 0.469. The Morgan fingerprint density at radius 2 is 2.38 bits per heavy atom. The molecule has 0 fully saturated rings. The number of rotatable bonds is 0. The molecule has 0 radical (unpaired) electrons. The van der Waals surface area contributed by atoms with Crippen LogP contribution in [-0.4, -0.2) is 11.2 Å². The Morgan fingerprint density at radius 3 is 2.75 bits per heavy atom. The summed E-state index contributed by atoms with van der Waals surface area (Å²) in [7, 11) is 0. The summed E-state index contributed by atoms with van der Waals surface area (Å²) >= 11 is 0. The van der Waals surface area contributed by atoms with E-state index >= 15 is 0 Å². The van der Waals surface area contributed by atoms with Crippen molar-refractivity contribution in [3.8, 4) is 0 Å². The molecular weight excluding hydrogens is 100 g/mol. The van der Waals surface area contributed by atoms with E-state index in [0.29, 0.717) is 5.92 Å². The Labute approximate surface area is 50.0 Å². The average molecular weight is 112 g/mol. The van der Waals surface area contributed by atoms with Gasteiger partial charge in [0.05, 0.1) is 6.10 Å². The Balaban J connectivity index is 2.42. The summed E-state index contributed by atoms with van der Waals surface area (Å²) in [5.74, 6) is 0.676. The number of aliphatic hydroxyl groups is 1. The molecule has 1 rings (SSSR count). The van der Waals surface area contributed by atoms with Gasteiger partial charge in [-0.25, -0.2) is 0 Å². The summed E-state index contributed by atoms with van der Waals surface area (Å²) in [6.45, 7) is 2.16. The second-order valence-electron chi connectivity index (χ2n) is 2.57. The molecule has 0 saturated carbocycles. The SMILES string of the molecule is C[C@@H]1CC=C[C@@H](O)C1. The van der Waals surface area contributed by atoms with Crippen LogP contribution in [0.4, 0.5) is 0 Å². The lowest BCUT2D eigenvalue weighted by molar-refractivity contribution is 0.183. The van der Waals surface area contributed by atoms with Crippen LogP contribution >= 0.6 is 0 Å². The fraction of sp³-hybridized carbons (Fsp3) is 0.714. The summed E-state index contributed by atoms with van der Waals surface area (Å²) < 4.78 is 0. The molecule has 1 aliphatic carbocycles. The van der Waals surface area contributed by atoms with Gasteiger partial charge in [-0.15, -0.1) is 0 Å². The Morgan fingerprint density at radius 1 is 1.62 bits per heavy atom. The van der Waals surface area contributed by atoms with Gasteiger partial charge < -0.3 is 5.11 Å². The molecule has 46 valence electrons. The second kappa shape index (κ2) is 2.31. The van der Waals surface area contributed by atoms with Gasteiger partial charge in [-0.3, -0.25) is 0 Å². The van der Waals surface area contributed by atoms with Gasteiger partial charge in [0.2, 0.25) is 0 Å². The highest BCUT2D eigenvalue weighted by atomic mass is 16.3. The molecule has 0 unspecified atom stereocenters. The van der Waals surface area contributed by atoms with E-state index in [0.717, 1.165) is 12.8 Å². The number of hydrogen-bond acceptors (Lipinski definition) is 1. The summed E-state index contributed by atoms with van der Waals surface area (Å²) in [4.78, 5) is 0. The molecule has 0 spiro atoms. The van der Waals surface area contributed by atoms with E-state index in [1.54, 1.807) is 0 Å². The molecule has 0 aromatic rings. The molecule has 1 aliphatic rings. The van der Waals surface area contributed by atoms with Crippen LogP contribution in [0.25, 0.3) is 0 Å². The van der Waals surface area contributed by atoms with Gasteiger partial charge in [-0.1, -0.05) is 19.1 Å². The highest BCUT2D eigenvalue weighted by Crippen LogP contribution is 2.16. The third-order valence-corrected chi connectivity index (χ3v) is 1.54. The third kappa shape index (κ3) is 1.34. The van der Waals surface area contributed by atoms with Crippen molar-refractivity contribution in [3.63, 3.8) is 0 Å². The van der Waals surface area contributed by atoms with Crippen molar-refractivity contribution in [1.29, 1.82) is 0 Å². The normalized spacial score (nSPS) is 37.8. The van der Waals surface area contributed by atoms with Crippen LogP contribution in [0.1, 0.15) is 19.8 Å². The lowest BCUT2D eigenvalue weighted by Gasteiger charge is -2.16. The van der Waals surface area contributed by atoms with Gasteiger partial charge in [-0.05, 0) is 18.8 Å². The fourth-order valence-electron chi connectivity index (χ4n) is 1.06. The maximum atomic E-state index is 8.99. The van der Waals surface area contributed by atoms with E-state index < -0.39 is 0 Å². The van der Waals surface area contributed by atoms with E-state index in [9.17, 15) is 0 Å². The van der Waals surface area contributed by atoms with E-state index in [-0.39, 0.29) is 6.10 Å².